The van der Waals surface area contributed by atoms with Crippen LogP contribution in [0.1, 0.15) is 0 Å². The van der Waals surface area contributed by atoms with Crippen LogP contribution < -0.4 is 5.73 Å². The predicted octanol–water partition coefficient (Wildman–Crippen LogP) is 4.76. The molecule has 21 heavy (non-hydrogen) atoms. The molecule has 2 N–H and O–H groups in total. The highest BCUT2D eigenvalue weighted by Crippen LogP contribution is 2.31. The van der Waals surface area contributed by atoms with Gasteiger partial charge in [0.25, 0.3) is 0 Å². The average molecular weight is 452 g/mol. The lowest BCUT2D eigenvalue weighted by Crippen LogP contribution is -2.02. The summed E-state index contributed by atoms with van der Waals surface area (Å²) in [5, 5.41) is 0. The van der Waals surface area contributed by atoms with E-state index in [9.17, 15) is 0 Å². The van der Waals surface area contributed by atoms with Crippen molar-refractivity contribution in [3.05, 3.63) is 62.6 Å². The van der Waals surface area contributed by atoms with Gasteiger partial charge in [-0.15, -0.1) is 0 Å². The van der Waals surface area contributed by atoms with Gasteiger partial charge in [0.2, 0.25) is 0 Å². The molecule has 0 bridgehead atoms. The number of hydrogen-bond donors (Lipinski definition) is 1. The molecule has 0 aliphatic heterocycles. The van der Waals surface area contributed by atoms with Crippen molar-refractivity contribution < 1.29 is 0 Å². The molecular formula is C16H11BrIN3. The monoisotopic (exact) mass is 451 g/mol. The number of rotatable bonds is 2. The predicted molar refractivity (Wildman–Crippen MR) is 97.7 cm³/mol. The van der Waals surface area contributed by atoms with Gasteiger partial charge in [-0.05, 0) is 28.7 Å². The highest BCUT2D eigenvalue weighted by molar-refractivity contribution is 14.1. The maximum absolute atomic E-state index is 6.07. The zero-order valence-electron chi connectivity index (χ0n) is 10.9. The van der Waals surface area contributed by atoms with Crippen LogP contribution >= 0.6 is 38.5 Å². The molecular weight excluding hydrogens is 441 g/mol. The van der Waals surface area contributed by atoms with Gasteiger partial charge in [0.15, 0.2) is 5.82 Å². The van der Waals surface area contributed by atoms with E-state index in [4.69, 9.17) is 10.7 Å². The number of hydrogen-bond acceptors (Lipinski definition) is 3. The molecule has 3 aromatic rings. The largest absolute Gasteiger partial charge is 0.383 e. The Morgan fingerprint density at radius 2 is 1.57 bits per heavy atom. The summed E-state index contributed by atoms with van der Waals surface area (Å²) < 4.78 is 1.82. The highest BCUT2D eigenvalue weighted by Gasteiger charge is 2.14. The Labute approximate surface area is 144 Å². The summed E-state index contributed by atoms with van der Waals surface area (Å²) >= 11 is 5.73. The van der Waals surface area contributed by atoms with Gasteiger partial charge in [-0.2, -0.15) is 0 Å². The van der Waals surface area contributed by atoms with E-state index in [0.29, 0.717) is 11.6 Å². The van der Waals surface area contributed by atoms with E-state index in [0.717, 1.165) is 24.9 Å². The summed E-state index contributed by atoms with van der Waals surface area (Å²) in [7, 11) is 0. The smallest absolute Gasteiger partial charge is 0.163 e. The van der Waals surface area contributed by atoms with E-state index in [-0.39, 0.29) is 0 Å². The second-order valence-corrected chi connectivity index (χ2v) is 6.37. The molecule has 104 valence electrons. The molecule has 1 aromatic heterocycles. The Bertz CT molecular complexity index is 791. The fourth-order valence-electron chi connectivity index (χ4n) is 2.01. The number of benzene rings is 2. The molecule has 0 amide bonds. The molecule has 0 saturated heterocycles. The van der Waals surface area contributed by atoms with Crippen LogP contribution in [0.15, 0.2) is 59.1 Å². The van der Waals surface area contributed by atoms with Gasteiger partial charge in [0.1, 0.15) is 5.82 Å². The van der Waals surface area contributed by atoms with Crippen LogP contribution in [-0.2, 0) is 0 Å². The quantitative estimate of drug-likeness (QED) is 0.571. The maximum Gasteiger partial charge on any atom is 0.163 e. The summed E-state index contributed by atoms with van der Waals surface area (Å²) in [5.74, 6) is 1.12. The molecule has 0 spiro atoms. The maximum atomic E-state index is 6.07. The Hall–Kier alpha value is -1.47. The summed E-state index contributed by atoms with van der Waals surface area (Å²) in [6.07, 6.45) is 0. The lowest BCUT2D eigenvalue weighted by atomic mass is 10.1. The number of halogens is 2. The van der Waals surface area contributed by atoms with Crippen molar-refractivity contribution in [1.82, 2.24) is 9.97 Å². The topological polar surface area (TPSA) is 51.8 Å². The second-order valence-electron chi connectivity index (χ2n) is 4.44. The summed E-state index contributed by atoms with van der Waals surface area (Å²) in [5.41, 5.74) is 8.89. The number of nitrogen functional groups attached to an aromatic ring is 1. The van der Waals surface area contributed by atoms with Crippen LogP contribution in [0.2, 0.25) is 0 Å². The number of aromatic nitrogens is 2. The first kappa shape index (κ1) is 14.5. The van der Waals surface area contributed by atoms with E-state index in [1.165, 1.54) is 0 Å². The third-order valence-corrected chi connectivity index (χ3v) is 4.79. The van der Waals surface area contributed by atoms with Crippen LogP contribution in [0.25, 0.3) is 22.6 Å². The van der Waals surface area contributed by atoms with Crippen LogP contribution in [-0.4, -0.2) is 9.97 Å². The molecule has 2 aromatic carbocycles. The molecule has 3 nitrogen and oxygen atoms in total. The van der Waals surface area contributed by atoms with E-state index in [1.54, 1.807) is 0 Å². The fraction of sp³-hybridized carbons (Fsp3) is 0. The van der Waals surface area contributed by atoms with Gasteiger partial charge >= 0.3 is 0 Å². The van der Waals surface area contributed by atoms with E-state index in [2.05, 4.69) is 43.5 Å². The van der Waals surface area contributed by atoms with E-state index < -0.39 is 0 Å². The fourth-order valence-corrected chi connectivity index (χ4v) is 3.03. The first-order valence-electron chi connectivity index (χ1n) is 6.30. The molecule has 5 heteroatoms. The minimum absolute atomic E-state index is 0.496. The lowest BCUT2D eigenvalue weighted by Gasteiger charge is -2.10. The standard InChI is InChI=1S/C16H11BrIN3/c17-12-9-5-4-8-11(12)16-20-14(13(18)15(19)21-16)10-6-2-1-3-7-10/h1-9H,(H2,19,20,21). The van der Waals surface area contributed by atoms with Gasteiger partial charge in [0, 0.05) is 15.6 Å². The van der Waals surface area contributed by atoms with Gasteiger partial charge in [-0.1, -0.05) is 64.5 Å². The normalized spacial score (nSPS) is 10.6. The van der Waals surface area contributed by atoms with Crippen molar-refractivity contribution in [2.24, 2.45) is 0 Å². The number of nitrogens with zero attached hydrogens (tertiary/aromatic N) is 2. The average Bonchev–Trinajstić information content (AvgIpc) is 2.51. The molecule has 3 rings (SSSR count). The van der Waals surface area contributed by atoms with Crippen molar-refractivity contribution in [2.45, 2.75) is 0 Å². The minimum Gasteiger partial charge on any atom is -0.383 e. The molecule has 1 heterocycles. The summed E-state index contributed by atoms with van der Waals surface area (Å²) in [4.78, 5) is 9.12. The third kappa shape index (κ3) is 2.94. The SMILES string of the molecule is Nc1nc(-c2ccccc2Br)nc(-c2ccccc2)c1I. The van der Waals surface area contributed by atoms with Gasteiger partial charge in [-0.25, -0.2) is 9.97 Å². The first-order valence-corrected chi connectivity index (χ1v) is 8.17. The van der Waals surface area contributed by atoms with Crippen molar-refractivity contribution >= 4 is 44.3 Å². The molecule has 0 unspecified atom stereocenters. The second kappa shape index (κ2) is 6.11. The van der Waals surface area contributed by atoms with Crippen LogP contribution in [0.5, 0.6) is 0 Å². The van der Waals surface area contributed by atoms with Crippen molar-refractivity contribution in [3.8, 4) is 22.6 Å². The van der Waals surface area contributed by atoms with Crippen molar-refractivity contribution in [1.29, 1.82) is 0 Å². The van der Waals surface area contributed by atoms with Gasteiger partial charge < -0.3 is 5.73 Å². The Morgan fingerprint density at radius 3 is 2.29 bits per heavy atom. The highest BCUT2D eigenvalue weighted by atomic mass is 127. The molecule has 0 radical (unpaired) electrons. The minimum atomic E-state index is 0.496. The number of anilines is 1. The zero-order chi connectivity index (χ0) is 14.8. The van der Waals surface area contributed by atoms with E-state index >= 15 is 0 Å². The van der Waals surface area contributed by atoms with Crippen LogP contribution in [0.4, 0.5) is 5.82 Å². The third-order valence-electron chi connectivity index (χ3n) is 3.04. The van der Waals surface area contributed by atoms with Crippen molar-refractivity contribution in [3.63, 3.8) is 0 Å². The Kier molecular flexibility index (Phi) is 4.21. The summed E-state index contributed by atoms with van der Waals surface area (Å²) in [6.45, 7) is 0. The van der Waals surface area contributed by atoms with Crippen molar-refractivity contribution in [2.75, 3.05) is 5.73 Å². The first-order chi connectivity index (χ1) is 10.2. The zero-order valence-corrected chi connectivity index (χ0v) is 14.7. The lowest BCUT2D eigenvalue weighted by molar-refractivity contribution is 1.17. The Balaban J connectivity index is 2.22. The molecule has 0 saturated carbocycles. The van der Waals surface area contributed by atoms with E-state index in [1.807, 2.05) is 54.6 Å². The number of nitrogens with two attached hydrogens (primary N) is 1. The molecule has 0 aliphatic carbocycles. The molecule has 0 atom stereocenters. The summed E-state index contributed by atoms with van der Waals surface area (Å²) in [6, 6.07) is 17.9. The Morgan fingerprint density at radius 1 is 0.905 bits per heavy atom. The molecule has 0 fully saturated rings. The van der Waals surface area contributed by atoms with Gasteiger partial charge in [0.05, 0.1) is 9.26 Å². The van der Waals surface area contributed by atoms with Crippen LogP contribution in [0, 0.1) is 3.57 Å². The van der Waals surface area contributed by atoms with Gasteiger partial charge in [-0.3, -0.25) is 0 Å². The van der Waals surface area contributed by atoms with Crippen LogP contribution in [0.3, 0.4) is 0 Å². The molecule has 0 aliphatic rings.